The predicted molar refractivity (Wildman–Crippen MR) is 122 cm³/mol. The van der Waals surface area contributed by atoms with Crippen LogP contribution in [0.15, 0.2) is 73.0 Å². The normalized spacial score (nSPS) is 10.9. The maximum absolute atomic E-state index is 12.4. The van der Waals surface area contributed by atoms with Crippen molar-refractivity contribution in [2.24, 2.45) is 0 Å². The van der Waals surface area contributed by atoms with Gasteiger partial charge in [-0.3, -0.25) is 4.79 Å². The van der Waals surface area contributed by atoms with Crippen LogP contribution in [0.2, 0.25) is 0 Å². The highest BCUT2D eigenvalue weighted by molar-refractivity contribution is 6.02. The molecule has 0 aliphatic carbocycles. The summed E-state index contributed by atoms with van der Waals surface area (Å²) in [6.45, 7) is 8.37. The first-order valence-corrected chi connectivity index (χ1v) is 9.97. The number of hydrogen-bond donors (Lipinski definition) is 1. The fourth-order valence-corrected chi connectivity index (χ4v) is 3.14. The van der Waals surface area contributed by atoms with Gasteiger partial charge in [0.05, 0.1) is 12.3 Å². The Morgan fingerprint density at radius 3 is 2.71 bits per heavy atom. The summed E-state index contributed by atoms with van der Waals surface area (Å²) in [7, 11) is 0. The van der Waals surface area contributed by atoms with E-state index in [9.17, 15) is 10.1 Å². The van der Waals surface area contributed by atoms with Gasteiger partial charge in [0, 0.05) is 23.9 Å². The van der Waals surface area contributed by atoms with E-state index in [0.717, 1.165) is 22.6 Å². The number of rotatable bonds is 8. The average Bonchev–Trinajstić information content (AvgIpc) is 3.20. The van der Waals surface area contributed by atoms with Gasteiger partial charge in [-0.25, -0.2) is 4.68 Å². The van der Waals surface area contributed by atoms with E-state index in [1.807, 2.05) is 74.6 Å². The molecule has 6 nitrogen and oxygen atoms in total. The highest BCUT2D eigenvalue weighted by atomic mass is 16.5. The van der Waals surface area contributed by atoms with Crippen molar-refractivity contribution in [1.29, 1.82) is 5.26 Å². The first kappa shape index (κ1) is 21.6. The van der Waals surface area contributed by atoms with E-state index in [-0.39, 0.29) is 12.1 Å². The minimum atomic E-state index is -0.454. The molecule has 156 valence electrons. The molecule has 0 unspecified atom stereocenters. The molecule has 3 aromatic rings. The van der Waals surface area contributed by atoms with E-state index in [1.54, 1.807) is 16.8 Å². The summed E-state index contributed by atoms with van der Waals surface area (Å²) in [4.78, 5) is 12.4. The van der Waals surface area contributed by atoms with Crippen LogP contribution in [0.4, 0.5) is 0 Å². The van der Waals surface area contributed by atoms with Gasteiger partial charge in [0.2, 0.25) is 0 Å². The van der Waals surface area contributed by atoms with Crippen LogP contribution in [0, 0.1) is 18.3 Å². The van der Waals surface area contributed by atoms with Crippen molar-refractivity contribution < 1.29 is 9.53 Å². The molecular formula is C25H24N4O2. The van der Waals surface area contributed by atoms with Crippen LogP contribution in [0.5, 0.6) is 5.75 Å². The molecule has 0 bridgehead atoms. The number of aryl methyl sites for hydroxylation is 1. The van der Waals surface area contributed by atoms with Gasteiger partial charge in [-0.15, -0.1) is 6.58 Å². The fraction of sp³-hybridized carbons (Fsp3) is 0.160. The van der Waals surface area contributed by atoms with Crippen molar-refractivity contribution >= 4 is 12.0 Å². The molecule has 0 saturated carbocycles. The molecular weight excluding hydrogens is 388 g/mol. The smallest absolute Gasteiger partial charge is 0.262 e. The molecule has 0 radical (unpaired) electrons. The zero-order valence-corrected chi connectivity index (χ0v) is 17.6. The van der Waals surface area contributed by atoms with Gasteiger partial charge in [0.1, 0.15) is 23.1 Å². The zero-order chi connectivity index (χ0) is 22.2. The molecule has 2 aromatic carbocycles. The number of carbonyl (C=O) groups excluding carboxylic acids is 1. The summed E-state index contributed by atoms with van der Waals surface area (Å²) in [5, 5.41) is 17.0. The fourth-order valence-electron chi connectivity index (χ4n) is 3.14. The van der Waals surface area contributed by atoms with E-state index in [2.05, 4.69) is 11.9 Å². The standard InChI is InChI=1S/C25H24N4O2/c1-4-13-27-25(30)19(16-26)15-20-17-29(21-9-7-6-8-10-21)28-24(20)23-12-11-22(31-5-2)14-18(23)3/h4,6-12,14-15,17H,1,5,13H2,2-3H3,(H,27,30). The van der Waals surface area contributed by atoms with Crippen LogP contribution in [-0.2, 0) is 4.79 Å². The lowest BCUT2D eigenvalue weighted by atomic mass is 10.0. The summed E-state index contributed by atoms with van der Waals surface area (Å²) in [6.07, 6.45) is 4.95. The van der Waals surface area contributed by atoms with Gasteiger partial charge in [-0.1, -0.05) is 24.3 Å². The van der Waals surface area contributed by atoms with Crippen molar-refractivity contribution in [2.45, 2.75) is 13.8 Å². The third-order valence-corrected chi connectivity index (χ3v) is 4.60. The number of para-hydroxylation sites is 1. The maximum Gasteiger partial charge on any atom is 0.262 e. The van der Waals surface area contributed by atoms with Gasteiger partial charge in [0.15, 0.2) is 0 Å². The maximum atomic E-state index is 12.4. The van der Waals surface area contributed by atoms with Crippen LogP contribution in [-0.4, -0.2) is 28.8 Å². The van der Waals surface area contributed by atoms with Gasteiger partial charge in [-0.2, -0.15) is 10.4 Å². The Labute approximate surface area is 182 Å². The Bertz CT molecular complexity index is 1150. The summed E-state index contributed by atoms with van der Waals surface area (Å²) in [5.41, 5.74) is 4.10. The first-order chi connectivity index (χ1) is 15.1. The second-order valence-electron chi connectivity index (χ2n) is 6.79. The van der Waals surface area contributed by atoms with Gasteiger partial charge in [-0.05, 0) is 55.8 Å². The molecule has 0 spiro atoms. The second kappa shape index (κ2) is 10.1. The number of aromatic nitrogens is 2. The Morgan fingerprint density at radius 2 is 2.06 bits per heavy atom. The lowest BCUT2D eigenvalue weighted by Gasteiger charge is -2.08. The quantitative estimate of drug-likeness (QED) is 0.337. The monoisotopic (exact) mass is 412 g/mol. The van der Waals surface area contributed by atoms with E-state index in [1.165, 1.54) is 0 Å². The van der Waals surface area contributed by atoms with Gasteiger partial charge in [0.25, 0.3) is 5.91 Å². The van der Waals surface area contributed by atoms with Gasteiger partial charge >= 0.3 is 0 Å². The van der Waals surface area contributed by atoms with Crippen molar-refractivity contribution in [3.63, 3.8) is 0 Å². The summed E-state index contributed by atoms with van der Waals surface area (Å²) in [6, 6.07) is 17.4. The number of hydrogen-bond acceptors (Lipinski definition) is 4. The molecule has 6 heteroatoms. The molecule has 0 aliphatic heterocycles. The Hall–Kier alpha value is -4.11. The minimum absolute atomic E-state index is 0.000647. The van der Waals surface area contributed by atoms with Crippen molar-refractivity contribution in [1.82, 2.24) is 15.1 Å². The van der Waals surface area contributed by atoms with Gasteiger partial charge < -0.3 is 10.1 Å². The molecule has 0 fully saturated rings. The first-order valence-electron chi connectivity index (χ1n) is 9.97. The van der Waals surface area contributed by atoms with Crippen LogP contribution in [0.25, 0.3) is 23.0 Å². The molecule has 1 heterocycles. The number of ether oxygens (including phenoxy) is 1. The zero-order valence-electron chi connectivity index (χ0n) is 17.6. The Balaban J connectivity index is 2.12. The average molecular weight is 412 g/mol. The van der Waals surface area contributed by atoms with Crippen LogP contribution in [0.1, 0.15) is 18.1 Å². The Kier molecular flexibility index (Phi) is 7.02. The largest absolute Gasteiger partial charge is 0.494 e. The SMILES string of the molecule is C=CCNC(=O)C(C#N)=Cc1cn(-c2ccccc2)nc1-c1ccc(OCC)cc1C. The lowest BCUT2D eigenvalue weighted by molar-refractivity contribution is -0.116. The summed E-state index contributed by atoms with van der Waals surface area (Å²) >= 11 is 0. The summed E-state index contributed by atoms with van der Waals surface area (Å²) < 4.78 is 7.34. The van der Waals surface area contributed by atoms with E-state index < -0.39 is 5.91 Å². The minimum Gasteiger partial charge on any atom is -0.494 e. The topological polar surface area (TPSA) is 79.9 Å². The van der Waals surface area contributed by atoms with Crippen LogP contribution in [0.3, 0.4) is 0 Å². The molecule has 1 aromatic heterocycles. The number of nitriles is 1. The number of nitrogens with one attached hydrogen (secondary N) is 1. The van der Waals surface area contributed by atoms with Crippen LogP contribution < -0.4 is 10.1 Å². The molecule has 0 atom stereocenters. The highest BCUT2D eigenvalue weighted by Gasteiger charge is 2.16. The van der Waals surface area contributed by atoms with Crippen molar-refractivity contribution in [2.75, 3.05) is 13.2 Å². The molecule has 0 saturated heterocycles. The molecule has 1 N–H and O–H groups in total. The molecule has 31 heavy (non-hydrogen) atoms. The van der Waals surface area contributed by atoms with E-state index in [4.69, 9.17) is 9.84 Å². The van der Waals surface area contributed by atoms with E-state index >= 15 is 0 Å². The number of benzene rings is 2. The third-order valence-electron chi connectivity index (χ3n) is 4.60. The highest BCUT2D eigenvalue weighted by Crippen LogP contribution is 2.30. The third kappa shape index (κ3) is 5.09. The molecule has 1 amide bonds. The van der Waals surface area contributed by atoms with Crippen molar-refractivity contribution in [3.05, 3.63) is 84.1 Å². The predicted octanol–water partition coefficient (Wildman–Crippen LogP) is 4.46. The molecule has 3 rings (SSSR count). The Morgan fingerprint density at radius 1 is 1.29 bits per heavy atom. The summed E-state index contributed by atoms with van der Waals surface area (Å²) in [5.74, 6) is 0.328. The number of amides is 1. The van der Waals surface area contributed by atoms with E-state index in [0.29, 0.717) is 17.9 Å². The number of nitrogens with zero attached hydrogens (tertiary/aromatic N) is 3. The van der Waals surface area contributed by atoms with Crippen LogP contribution >= 0.6 is 0 Å². The second-order valence-corrected chi connectivity index (χ2v) is 6.79. The number of carbonyl (C=O) groups is 1. The lowest BCUT2D eigenvalue weighted by Crippen LogP contribution is -2.24. The molecule has 0 aliphatic rings. The van der Waals surface area contributed by atoms with Crippen molar-refractivity contribution in [3.8, 4) is 28.8 Å².